The lowest BCUT2D eigenvalue weighted by molar-refractivity contribution is -0.0120. The van der Waals surface area contributed by atoms with E-state index in [2.05, 4.69) is 6.58 Å². The van der Waals surface area contributed by atoms with Crippen molar-refractivity contribution in [3.05, 3.63) is 12.2 Å². The lowest BCUT2D eigenvalue weighted by Gasteiger charge is -2.48. The number of fused-ring (bicyclic) bond motifs is 5. The second-order valence-electron chi connectivity index (χ2n) is 5.85. The highest BCUT2D eigenvalue weighted by atomic mass is 16.5. The van der Waals surface area contributed by atoms with Crippen molar-refractivity contribution in [2.75, 3.05) is 27.4 Å². The van der Waals surface area contributed by atoms with Gasteiger partial charge in [0.2, 0.25) is 0 Å². The van der Waals surface area contributed by atoms with Gasteiger partial charge in [-0.15, -0.1) is 0 Å². The minimum Gasteiger partial charge on any atom is -0.384 e. The topological polar surface area (TPSA) is 18.5 Å². The summed E-state index contributed by atoms with van der Waals surface area (Å²) in [7, 11) is 3.65. The normalized spacial score (nSPS) is 49.2. The molecule has 6 atom stereocenters. The van der Waals surface area contributed by atoms with E-state index >= 15 is 0 Å². The zero-order chi connectivity index (χ0) is 11.3. The molecule has 2 nitrogen and oxygen atoms in total. The van der Waals surface area contributed by atoms with Crippen LogP contribution < -0.4 is 0 Å². The van der Waals surface area contributed by atoms with E-state index in [1.807, 2.05) is 14.2 Å². The Morgan fingerprint density at radius 1 is 1.06 bits per heavy atom. The van der Waals surface area contributed by atoms with Gasteiger partial charge in [-0.25, -0.2) is 0 Å². The first-order chi connectivity index (χ1) is 7.77. The predicted octanol–water partition coefficient (Wildman–Crippen LogP) is 2.35. The molecule has 16 heavy (non-hydrogen) atoms. The maximum absolute atomic E-state index is 5.41. The van der Waals surface area contributed by atoms with Gasteiger partial charge in [-0.05, 0) is 48.3 Å². The quantitative estimate of drug-likeness (QED) is 0.680. The molecule has 6 unspecified atom stereocenters. The highest BCUT2D eigenvalue weighted by Crippen LogP contribution is 2.66. The fourth-order valence-corrected chi connectivity index (χ4v) is 4.83. The van der Waals surface area contributed by atoms with Crippen LogP contribution in [0.25, 0.3) is 0 Å². The highest BCUT2D eigenvalue weighted by Gasteiger charge is 2.61. The van der Waals surface area contributed by atoms with Crippen molar-refractivity contribution in [3.63, 3.8) is 0 Å². The van der Waals surface area contributed by atoms with Crippen LogP contribution in [0.2, 0.25) is 0 Å². The van der Waals surface area contributed by atoms with E-state index in [0.29, 0.717) is 5.92 Å². The third-order valence-electron chi connectivity index (χ3n) is 5.35. The number of rotatable bonds is 4. The fraction of sp³-hybridized carbons (Fsp3) is 0.857. The summed E-state index contributed by atoms with van der Waals surface area (Å²) in [6.45, 7) is 6.05. The van der Waals surface area contributed by atoms with Gasteiger partial charge >= 0.3 is 0 Å². The molecule has 2 bridgehead atoms. The second-order valence-corrected chi connectivity index (χ2v) is 5.85. The van der Waals surface area contributed by atoms with E-state index in [0.717, 1.165) is 42.8 Å². The molecule has 3 fully saturated rings. The summed E-state index contributed by atoms with van der Waals surface area (Å²) >= 11 is 0. The monoisotopic (exact) mass is 222 g/mol. The first kappa shape index (κ1) is 10.8. The van der Waals surface area contributed by atoms with Gasteiger partial charge in [0.05, 0.1) is 0 Å². The van der Waals surface area contributed by atoms with E-state index in [9.17, 15) is 0 Å². The van der Waals surface area contributed by atoms with Crippen LogP contribution in [-0.2, 0) is 9.47 Å². The summed E-state index contributed by atoms with van der Waals surface area (Å²) in [5.41, 5.74) is 1.51. The predicted molar refractivity (Wildman–Crippen MR) is 63.1 cm³/mol. The average Bonchev–Trinajstić information content (AvgIpc) is 2.71. The van der Waals surface area contributed by atoms with Crippen LogP contribution in [0.15, 0.2) is 12.2 Å². The van der Waals surface area contributed by atoms with Gasteiger partial charge in [0.25, 0.3) is 0 Å². The second kappa shape index (κ2) is 3.85. The first-order valence-corrected chi connectivity index (χ1v) is 6.43. The Labute approximate surface area is 98.0 Å². The van der Waals surface area contributed by atoms with Crippen LogP contribution >= 0.6 is 0 Å². The zero-order valence-electron chi connectivity index (χ0n) is 10.3. The summed E-state index contributed by atoms with van der Waals surface area (Å²) < 4.78 is 10.8. The van der Waals surface area contributed by atoms with Gasteiger partial charge in [0.1, 0.15) is 0 Å². The van der Waals surface area contributed by atoms with Crippen molar-refractivity contribution in [2.24, 2.45) is 35.5 Å². The Kier molecular flexibility index (Phi) is 2.60. The van der Waals surface area contributed by atoms with Crippen LogP contribution in [0.3, 0.4) is 0 Å². The van der Waals surface area contributed by atoms with E-state index in [4.69, 9.17) is 9.47 Å². The molecule has 0 heterocycles. The Morgan fingerprint density at radius 3 is 2.25 bits per heavy atom. The molecule has 0 aliphatic heterocycles. The lowest BCUT2D eigenvalue weighted by atomic mass is 9.57. The van der Waals surface area contributed by atoms with E-state index < -0.39 is 0 Å². The zero-order valence-corrected chi connectivity index (χ0v) is 10.3. The Hall–Kier alpha value is -0.340. The summed E-state index contributed by atoms with van der Waals surface area (Å²) in [5.74, 6) is 4.96. The van der Waals surface area contributed by atoms with Crippen molar-refractivity contribution in [1.82, 2.24) is 0 Å². The van der Waals surface area contributed by atoms with Crippen LogP contribution in [0.5, 0.6) is 0 Å². The number of allylic oxidation sites excluding steroid dienone is 1. The highest BCUT2D eigenvalue weighted by molar-refractivity contribution is 5.25. The molecule has 90 valence electrons. The molecule has 0 aromatic carbocycles. The molecule has 0 radical (unpaired) electrons. The van der Waals surface area contributed by atoms with E-state index in [-0.39, 0.29) is 0 Å². The smallest absolute Gasteiger partial charge is 0.0496 e. The van der Waals surface area contributed by atoms with Gasteiger partial charge < -0.3 is 9.47 Å². The Balaban J connectivity index is 1.79. The fourth-order valence-electron chi connectivity index (χ4n) is 4.83. The molecule has 3 rings (SSSR count). The van der Waals surface area contributed by atoms with Crippen LogP contribution in [0, 0.1) is 35.5 Å². The third-order valence-corrected chi connectivity index (χ3v) is 5.35. The molecule has 0 aromatic heterocycles. The molecule has 3 aliphatic carbocycles. The third kappa shape index (κ3) is 1.26. The van der Waals surface area contributed by atoms with Crippen LogP contribution in [0.4, 0.5) is 0 Å². The molecule has 0 aromatic rings. The van der Waals surface area contributed by atoms with Gasteiger partial charge in [0.15, 0.2) is 0 Å². The molecule has 0 N–H and O–H groups in total. The lowest BCUT2D eigenvalue weighted by Crippen LogP contribution is -2.44. The van der Waals surface area contributed by atoms with Crippen molar-refractivity contribution in [2.45, 2.75) is 12.8 Å². The maximum atomic E-state index is 5.41. The summed E-state index contributed by atoms with van der Waals surface area (Å²) in [5, 5.41) is 0. The molecule has 0 spiro atoms. The van der Waals surface area contributed by atoms with Gasteiger partial charge in [-0.1, -0.05) is 12.2 Å². The van der Waals surface area contributed by atoms with E-state index in [1.165, 1.54) is 18.4 Å². The van der Waals surface area contributed by atoms with Gasteiger partial charge in [-0.2, -0.15) is 0 Å². The molecule has 0 amide bonds. The number of ether oxygens (including phenoxy) is 2. The minimum absolute atomic E-state index is 0.716. The van der Waals surface area contributed by atoms with E-state index in [1.54, 1.807) is 0 Å². The van der Waals surface area contributed by atoms with Crippen molar-refractivity contribution in [3.8, 4) is 0 Å². The molecule has 0 saturated heterocycles. The number of hydrogen-bond acceptors (Lipinski definition) is 2. The standard InChI is InChI=1S/C14H22O2/c1-8-4-10-9-5-11(14(8)10)13(7-16-3)12(9)6-15-2/h9-14H,1,4-7H2,2-3H3. The van der Waals surface area contributed by atoms with Crippen LogP contribution in [0.1, 0.15) is 12.8 Å². The first-order valence-electron chi connectivity index (χ1n) is 6.43. The Morgan fingerprint density at radius 2 is 1.69 bits per heavy atom. The van der Waals surface area contributed by atoms with Crippen LogP contribution in [-0.4, -0.2) is 27.4 Å². The molecular formula is C14H22O2. The molecule has 2 heteroatoms. The van der Waals surface area contributed by atoms with Gasteiger partial charge in [-0.3, -0.25) is 0 Å². The molecule has 3 saturated carbocycles. The summed E-state index contributed by atoms with van der Waals surface area (Å²) in [6, 6.07) is 0. The molecule has 3 aliphatic rings. The SMILES string of the molecule is C=C1CC2C3CC(C(COC)C3COC)C12. The van der Waals surface area contributed by atoms with Crippen molar-refractivity contribution < 1.29 is 9.47 Å². The summed E-state index contributed by atoms with van der Waals surface area (Å²) in [4.78, 5) is 0. The minimum atomic E-state index is 0.716. The van der Waals surface area contributed by atoms with Crippen molar-refractivity contribution in [1.29, 1.82) is 0 Å². The molecular weight excluding hydrogens is 200 g/mol. The number of methoxy groups -OCH3 is 2. The maximum Gasteiger partial charge on any atom is 0.0496 e. The summed E-state index contributed by atoms with van der Waals surface area (Å²) in [6.07, 6.45) is 2.68. The van der Waals surface area contributed by atoms with Crippen molar-refractivity contribution >= 4 is 0 Å². The average molecular weight is 222 g/mol. The Bertz CT molecular complexity index is 299. The number of hydrogen-bond donors (Lipinski definition) is 0. The van der Waals surface area contributed by atoms with Gasteiger partial charge in [0, 0.05) is 27.4 Å². The largest absolute Gasteiger partial charge is 0.384 e.